The highest BCUT2D eigenvalue weighted by molar-refractivity contribution is 5.94. The van der Waals surface area contributed by atoms with Gasteiger partial charge in [0.05, 0.1) is 6.54 Å². The van der Waals surface area contributed by atoms with Crippen LogP contribution in [0.4, 0.5) is 17.6 Å². The van der Waals surface area contributed by atoms with Crippen molar-refractivity contribution in [1.82, 2.24) is 10.2 Å². The van der Waals surface area contributed by atoms with E-state index in [1.54, 1.807) is 0 Å². The van der Waals surface area contributed by atoms with E-state index in [1.807, 2.05) is 0 Å². The van der Waals surface area contributed by atoms with Gasteiger partial charge in [-0.25, -0.2) is 4.39 Å². The fraction of sp³-hybridized carbons (Fsp3) is 0.650. The summed E-state index contributed by atoms with van der Waals surface area (Å²) in [5, 5.41) is 2.50. The van der Waals surface area contributed by atoms with Crippen LogP contribution in [0.5, 0.6) is 5.75 Å². The molecule has 1 amide bonds. The highest BCUT2D eigenvalue weighted by Gasteiger charge is 2.35. The zero-order valence-corrected chi connectivity index (χ0v) is 16.5. The first-order valence-corrected chi connectivity index (χ1v) is 9.41. The van der Waals surface area contributed by atoms with E-state index in [1.165, 1.54) is 12.1 Å². The third-order valence-corrected chi connectivity index (χ3v) is 4.83. The number of nitrogens with zero attached hydrogens (tertiary/aromatic N) is 1. The predicted octanol–water partition coefficient (Wildman–Crippen LogP) is 4.56. The molecule has 0 bridgehead atoms. The van der Waals surface area contributed by atoms with E-state index < -0.39 is 23.7 Å². The van der Waals surface area contributed by atoms with Crippen molar-refractivity contribution in [3.63, 3.8) is 0 Å². The van der Waals surface area contributed by atoms with E-state index in [4.69, 9.17) is 0 Å². The second-order valence-electron chi connectivity index (χ2n) is 8.56. The van der Waals surface area contributed by atoms with Gasteiger partial charge < -0.3 is 15.0 Å². The summed E-state index contributed by atoms with van der Waals surface area (Å²) in [6, 6.07) is 4.74. The third kappa shape index (κ3) is 7.66. The van der Waals surface area contributed by atoms with Crippen molar-refractivity contribution in [1.29, 1.82) is 0 Å². The minimum atomic E-state index is -4.83. The number of piperidine rings is 1. The van der Waals surface area contributed by atoms with Gasteiger partial charge in [0.15, 0.2) is 0 Å². The van der Waals surface area contributed by atoms with Crippen molar-refractivity contribution in [2.45, 2.75) is 52.1 Å². The number of benzene rings is 1. The highest BCUT2D eigenvalue weighted by Crippen LogP contribution is 2.28. The number of likely N-dealkylation sites (tertiary alicyclic amines) is 1. The predicted molar refractivity (Wildman–Crippen MR) is 99.0 cm³/mol. The number of ether oxygens (including phenoxy) is 1. The maximum atomic E-state index is 15.0. The molecule has 0 atom stereocenters. The first-order valence-electron chi connectivity index (χ1n) is 9.41. The molecule has 0 unspecified atom stereocenters. The molecule has 4 nitrogen and oxygen atoms in total. The molecule has 1 aromatic rings. The first kappa shape index (κ1) is 22.5. The molecule has 0 aliphatic carbocycles. The van der Waals surface area contributed by atoms with Gasteiger partial charge in [0.25, 0.3) is 5.91 Å². The fourth-order valence-corrected chi connectivity index (χ4v) is 3.02. The summed E-state index contributed by atoms with van der Waals surface area (Å²) in [4.78, 5) is 14.4. The Bertz CT molecular complexity index is 663. The van der Waals surface area contributed by atoms with Gasteiger partial charge in [0.2, 0.25) is 0 Å². The second-order valence-corrected chi connectivity index (χ2v) is 8.56. The lowest BCUT2D eigenvalue weighted by Crippen LogP contribution is -2.48. The molecule has 1 aromatic carbocycles. The Morgan fingerprint density at radius 1 is 1.21 bits per heavy atom. The molecule has 158 valence electrons. The summed E-state index contributed by atoms with van der Waals surface area (Å²) in [6.45, 7) is 8.50. The molecule has 1 N–H and O–H groups in total. The fourth-order valence-electron chi connectivity index (χ4n) is 3.02. The van der Waals surface area contributed by atoms with Gasteiger partial charge in [0.1, 0.15) is 11.4 Å². The largest absolute Gasteiger partial charge is 0.573 e. The van der Waals surface area contributed by atoms with Gasteiger partial charge >= 0.3 is 6.36 Å². The average molecular weight is 404 g/mol. The molecule has 1 fully saturated rings. The Balaban J connectivity index is 1.83. The zero-order chi connectivity index (χ0) is 21.0. The van der Waals surface area contributed by atoms with Crippen molar-refractivity contribution >= 4 is 5.91 Å². The lowest BCUT2D eigenvalue weighted by Gasteiger charge is -2.37. The monoisotopic (exact) mass is 404 g/mol. The van der Waals surface area contributed by atoms with E-state index in [9.17, 15) is 22.4 Å². The van der Waals surface area contributed by atoms with E-state index in [-0.39, 0.29) is 17.5 Å². The van der Waals surface area contributed by atoms with Crippen LogP contribution in [0, 0.1) is 5.41 Å². The van der Waals surface area contributed by atoms with Crippen LogP contribution in [0.25, 0.3) is 0 Å². The number of carbonyl (C=O) groups excluding carboxylic acids is 1. The van der Waals surface area contributed by atoms with Crippen LogP contribution in [-0.4, -0.2) is 49.0 Å². The van der Waals surface area contributed by atoms with Gasteiger partial charge in [-0.3, -0.25) is 4.79 Å². The molecular weight excluding hydrogens is 376 g/mol. The van der Waals surface area contributed by atoms with Gasteiger partial charge in [-0.2, -0.15) is 0 Å². The minimum absolute atomic E-state index is 0.00652. The van der Waals surface area contributed by atoms with Crippen LogP contribution >= 0.6 is 0 Å². The number of halogens is 4. The van der Waals surface area contributed by atoms with Crippen LogP contribution in [0.2, 0.25) is 0 Å². The quantitative estimate of drug-likeness (QED) is 0.707. The normalized spacial score (nSPS) is 18.0. The van der Waals surface area contributed by atoms with E-state index >= 15 is 0 Å². The molecule has 1 saturated heterocycles. The maximum absolute atomic E-state index is 15.0. The number of rotatable bonds is 6. The zero-order valence-electron chi connectivity index (χ0n) is 16.5. The van der Waals surface area contributed by atoms with Crippen molar-refractivity contribution in [2.75, 3.05) is 26.2 Å². The van der Waals surface area contributed by atoms with Crippen molar-refractivity contribution in [3.05, 3.63) is 29.8 Å². The molecule has 2 rings (SSSR count). The molecule has 0 aromatic heterocycles. The summed E-state index contributed by atoms with van der Waals surface area (Å²) >= 11 is 0. The van der Waals surface area contributed by atoms with Crippen LogP contribution in [0.1, 0.15) is 50.4 Å². The molecule has 8 heteroatoms. The Labute approximate surface area is 163 Å². The molecule has 1 heterocycles. The summed E-state index contributed by atoms with van der Waals surface area (Å²) in [5.74, 6) is -1.11. The summed E-state index contributed by atoms with van der Waals surface area (Å²) < 4.78 is 55.7. The highest BCUT2D eigenvalue weighted by atomic mass is 19.4. The van der Waals surface area contributed by atoms with Crippen LogP contribution in [-0.2, 0) is 0 Å². The standard InChI is InChI=1S/C20H28F4N2O2/c1-18(2,3)7-10-26-11-8-19(21,9-12-26)14-25-17(27)15-5-4-6-16(13-15)28-20(22,23)24/h4-6,13H,7-12,14H2,1-3H3,(H,25,27). The minimum Gasteiger partial charge on any atom is -0.406 e. The molecule has 1 aliphatic rings. The van der Waals surface area contributed by atoms with E-state index in [0.717, 1.165) is 25.1 Å². The Morgan fingerprint density at radius 3 is 2.43 bits per heavy atom. The Hall–Kier alpha value is -1.83. The average Bonchev–Trinajstić information content (AvgIpc) is 2.57. The lowest BCUT2D eigenvalue weighted by atomic mass is 9.90. The lowest BCUT2D eigenvalue weighted by molar-refractivity contribution is -0.274. The smallest absolute Gasteiger partial charge is 0.406 e. The number of carbonyl (C=O) groups is 1. The SMILES string of the molecule is CC(C)(C)CCN1CCC(F)(CNC(=O)c2cccc(OC(F)(F)F)c2)CC1. The van der Waals surface area contributed by atoms with Gasteiger partial charge in [-0.1, -0.05) is 26.8 Å². The van der Waals surface area contributed by atoms with Crippen molar-refractivity contribution in [2.24, 2.45) is 5.41 Å². The number of nitrogens with one attached hydrogen (secondary N) is 1. The van der Waals surface area contributed by atoms with Crippen molar-refractivity contribution in [3.8, 4) is 5.75 Å². The summed E-state index contributed by atoms with van der Waals surface area (Å²) in [7, 11) is 0. The van der Waals surface area contributed by atoms with Crippen LogP contribution < -0.4 is 10.1 Å². The van der Waals surface area contributed by atoms with Crippen molar-refractivity contribution < 1.29 is 27.1 Å². The van der Waals surface area contributed by atoms with Crippen LogP contribution in [0.3, 0.4) is 0 Å². The molecule has 1 aliphatic heterocycles. The number of hydrogen-bond donors (Lipinski definition) is 1. The number of hydrogen-bond acceptors (Lipinski definition) is 3. The maximum Gasteiger partial charge on any atom is 0.573 e. The Morgan fingerprint density at radius 2 is 1.86 bits per heavy atom. The summed E-state index contributed by atoms with van der Waals surface area (Å²) in [5.41, 5.74) is -1.29. The molecule has 0 saturated carbocycles. The van der Waals surface area contributed by atoms with E-state index in [0.29, 0.717) is 25.9 Å². The van der Waals surface area contributed by atoms with E-state index in [2.05, 4.69) is 35.7 Å². The molecule has 0 spiro atoms. The second kappa shape index (κ2) is 8.68. The molecular formula is C20H28F4N2O2. The number of amides is 1. The van der Waals surface area contributed by atoms with Gasteiger partial charge in [-0.15, -0.1) is 13.2 Å². The van der Waals surface area contributed by atoms with Gasteiger partial charge in [-0.05, 0) is 49.4 Å². The molecule has 28 heavy (non-hydrogen) atoms. The van der Waals surface area contributed by atoms with Crippen LogP contribution in [0.15, 0.2) is 24.3 Å². The first-order chi connectivity index (χ1) is 12.9. The third-order valence-electron chi connectivity index (χ3n) is 4.83. The Kier molecular flexibility index (Phi) is 6.96. The topological polar surface area (TPSA) is 41.6 Å². The molecule has 0 radical (unpaired) electrons. The number of alkyl halides is 4. The van der Waals surface area contributed by atoms with Gasteiger partial charge in [0, 0.05) is 18.7 Å². The summed E-state index contributed by atoms with van der Waals surface area (Å²) in [6.07, 6.45) is -3.18.